The van der Waals surface area contributed by atoms with Gasteiger partial charge in [-0.3, -0.25) is 4.79 Å². The average Bonchev–Trinajstić information content (AvgIpc) is 2.75. The smallest absolute Gasteiger partial charge is 0.275 e. The minimum atomic E-state index is -0.0793. The van der Waals surface area contributed by atoms with Gasteiger partial charge in [-0.05, 0) is 48.9 Å². The van der Waals surface area contributed by atoms with Crippen molar-refractivity contribution >= 4 is 17.5 Å². The lowest BCUT2D eigenvalue weighted by Crippen LogP contribution is -2.87. The number of nitrogens with one attached hydrogen (secondary N) is 1. The standard InChI is InChI=1S/C24H25ClN2O2/c1-17(18-8-12-21(25)13-9-18)27-23(28)16-26-24(19-6-4-3-5-7-19)20-10-14-22(29-2)15-11-20/h3-15,17,24,26H,16H2,1-2H3,(H,27,28)/p+1/t17-,24-/m1/s1. The third-order valence-electron chi connectivity index (χ3n) is 4.92. The van der Waals surface area contributed by atoms with Gasteiger partial charge in [-0.25, -0.2) is 0 Å². The Balaban J connectivity index is 1.67. The number of halogens is 1. The molecule has 0 bridgehead atoms. The summed E-state index contributed by atoms with van der Waals surface area (Å²) in [7, 11) is 1.65. The van der Waals surface area contributed by atoms with Gasteiger partial charge in [-0.2, -0.15) is 0 Å². The molecule has 3 rings (SSSR count). The molecule has 0 saturated heterocycles. The first-order valence-electron chi connectivity index (χ1n) is 9.64. The minimum Gasteiger partial charge on any atom is -0.497 e. The van der Waals surface area contributed by atoms with E-state index in [4.69, 9.17) is 16.3 Å². The molecule has 0 aliphatic carbocycles. The highest BCUT2D eigenvalue weighted by Gasteiger charge is 2.20. The Hall–Kier alpha value is -2.82. The number of carbonyl (C=O) groups excluding carboxylic acids is 1. The van der Waals surface area contributed by atoms with E-state index in [1.54, 1.807) is 7.11 Å². The third-order valence-corrected chi connectivity index (χ3v) is 5.17. The van der Waals surface area contributed by atoms with Crippen LogP contribution < -0.4 is 15.4 Å². The molecule has 2 atom stereocenters. The van der Waals surface area contributed by atoms with Crippen LogP contribution in [-0.4, -0.2) is 19.6 Å². The van der Waals surface area contributed by atoms with Gasteiger partial charge >= 0.3 is 0 Å². The average molecular weight is 410 g/mol. The molecule has 0 aliphatic heterocycles. The van der Waals surface area contributed by atoms with Crippen LogP contribution in [0.1, 0.15) is 35.7 Å². The maximum atomic E-state index is 12.6. The molecule has 0 aliphatic rings. The quantitative estimate of drug-likeness (QED) is 0.593. The predicted molar refractivity (Wildman–Crippen MR) is 116 cm³/mol. The van der Waals surface area contributed by atoms with Gasteiger partial charge in [0.25, 0.3) is 5.91 Å². The Morgan fingerprint density at radius 2 is 1.52 bits per heavy atom. The number of benzene rings is 3. The number of hydrogen-bond acceptors (Lipinski definition) is 2. The van der Waals surface area contributed by atoms with Gasteiger partial charge in [-0.15, -0.1) is 0 Å². The lowest BCUT2D eigenvalue weighted by molar-refractivity contribution is -0.676. The lowest BCUT2D eigenvalue weighted by atomic mass is 9.98. The van der Waals surface area contributed by atoms with E-state index in [-0.39, 0.29) is 18.0 Å². The molecule has 0 spiro atoms. The number of quaternary nitrogens is 1. The van der Waals surface area contributed by atoms with Crippen LogP contribution in [0.25, 0.3) is 0 Å². The molecule has 0 saturated carbocycles. The van der Waals surface area contributed by atoms with Crippen molar-refractivity contribution in [3.63, 3.8) is 0 Å². The predicted octanol–water partition coefficient (Wildman–Crippen LogP) is 3.88. The fraction of sp³-hybridized carbons (Fsp3) is 0.208. The van der Waals surface area contributed by atoms with Gasteiger partial charge < -0.3 is 15.4 Å². The van der Waals surface area contributed by atoms with Crippen LogP contribution in [0.4, 0.5) is 0 Å². The van der Waals surface area contributed by atoms with Crippen molar-refractivity contribution in [2.24, 2.45) is 0 Å². The van der Waals surface area contributed by atoms with E-state index in [0.717, 1.165) is 22.4 Å². The summed E-state index contributed by atoms with van der Waals surface area (Å²) in [4.78, 5) is 12.6. The largest absolute Gasteiger partial charge is 0.497 e. The SMILES string of the molecule is COc1ccc([C@H]([NH2+]CC(=O)N[C@H](C)c2ccc(Cl)cc2)c2ccccc2)cc1. The van der Waals surface area contributed by atoms with Crippen molar-refractivity contribution in [2.75, 3.05) is 13.7 Å². The highest BCUT2D eigenvalue weighted by molar-refractivity contribution is 6.30. The molecule has 0 unspecified atom stereocenters. The van der Waals surface area contributed by atoms with Crippen molar-refractivity contribution in [3.8, 4) is 5.75 Å². The van der Waals surface area contributed by atoms with Crippen molar-refractivity contribution in [2.45, 2.75) is 19.0 Å². The first-order valence-corrected chi connectivity index (χ1v) is 10.0. The molecule has 150 valence electrons. The summed E-state index contributed by atoms with van der Waals surface area (Å²) >= 11 is 5.94. The van der Waals surface area contributed by atoms with Gasteiger partial charge in [0.1, 0.15) is 11.8 Å². The number of carbonyl (C=O) groups is 1. The summed E-state index contributed by atoms with van der Waals surface area (Å²) in [6.07, 6.45) is 0. The van der Waals surface area contributed by atoms with Crippen molar-refractivity contribution < 1.29 is 14.8 Å². The number of nitrogens with two attached hydrogens (primary N) is 1. The Morgan fingerprint density at radius 3 is 2.14 bits per heavy atom. The molecule has 3 aromatic carbocycles. The van der Waals surface area contributed by atoms with Crippen LogP contribution in [0.5, 0.6) is 5.75 Å². The zero-order chi connectivity index (χ0) is 20.6. The summed E-state index contributed by atoms with van der Waals surface area (Å²) in [6.45, 7) is 2.29. The Kier molecular flexibility index (Phi) is 7.28. The van der Waals surface area contributed by atoms with E-state index in [9.17, 15) is 4.79 Å². The van der Waals surface area contributed by atoms with Crippen LogP contribution in [0.3, 0.4) is 0 Å². The monoisotopic (exact) mass is 409 g/mol. The van der Waals surface area contributed by atoms with E-state index < -0.39 is 0 Å². The van der Waals surface area contributed by atoms with Crippen LogP contribution in [0.15, 0.2) is 78.9 Å². The summed E-state index contributed by atoms with van der Waals surface area (Å²) in [5.41, 5.74) is 3.30. The summed E-state index contributed by atoms with van der Waals surface area (Å²) in [5.74, 6) is 0.803. The van der Waals surface area contributed by atoms with Crippen molar-refractivity contribution in [1.82, 2.24) is 5.32 Å². The topological polar surface area (TPSA) is 54.9 Å². The van der Waals surface area contributed by atoms with Gasteiger partial charge in [0.15, 0.2) is 6.54 Å². The maximum absolute atomic E-state index is 12.6. The van der Waals surface area contributed by atoms with Crippen LogP contribution in [0, 0.1) is 0 Å². The molecule has 3 aromatic rings. The third kappa shape index (κ3) is 5.83. The molecule has 1 amide bonds. The van der Waals surface area contributed by atoms with Gasteiger partial charge in [0.05, 0.1) is 13.2 Å². The first kappa shape index (κ1) is 20.9. The number of ether oxygens (including phenoxy) is 1. The Labute approximate surface area is 176 Å². The minimum absolute atomic E-state index is 0.0121. The van der Waals surface area contributed by atoms with E-state index in [1.165, 1.54) is 0 Å². The lowest BCUT2D eigenvalue weighted by Gasteiger charge is -2.18. The number of methoxy groups -OCH3 is 1. The highest BCUT2D eigenvalue weighted by atomic mass is 35.5. The molecule has 0 radical (unpaired) electrons. The van der Waals surface area contributed by atoms with E-state index in [0.29, 0.717) is 11.6 Å². The molecule has 0 aromatic heterocycles. The molecule has 3 N–H and O–H groups in total. The molecule has 5 heteroatoms. The summed E-state index contributed by atoms with van der Waals surface area (Å²) in [5, 5.41) is 5.80. The zero-order valence-electron chi connectivity index (χ0n) is 16.6. The molecule has 4 nitrogen and oxygen atoms in total. The molecule has 29 heavy (non-hydrogen) atoms. The maximum Gasteiger partial charge on any atom is 0.275 e. The summed E-state index contributed by atoms with van der Waals surface area (Å²) < 4.78 is 5.26. The van der Waals surface area contributed by atoms with E-state index >= 15 is 0 Å². The van der Waals surface area contributed by atoms with Gasteiger partial charge in [0.2, 0.25) is 0 Å². The fourth-order valence-corrected chi connectivity index (χ4v) is 3.42. The second kappa shape index (κ2) is 10.1. The molecule has 0 fully saturated rings. The highest BCUT2D eigenvalue weighted by Crippen LogP contribution is 2.21. The molecular formula is C24H26ClN2O2+. The molecule has 0 heterocycles. The molecular weight excluding hydrogens is 384 g/mol. The second-order valence-electron chi connectivity index (χ2n) is 6.94. The fourth-order valence-electron chi connectivity index (χ4n) is 3.30. The summed E-state index contributed by atoms with van der Waals surface area (Å²) in [6, 6.07) is 25.7. The Bertz CT molecular complexity index is 912. The van der Waals surface area contributed by atoms with Gasteiger partial charge in [-0.1, -0.05) is 54.1 Å². The number of amides is 1. The van der Waals surface area contributed by atoms with Crippen LogP contribution >= 0.6 is 11.6 Å². The normalized spacial score (nSPS) is 12.8. The number of rotatable bonds is 8. The van der Waals surface area contributed by atoms with Crippen molar-refractivity contribution in [3.05, 3.63) is 101 Å². The second-order valence-corrected chi connectivity index (χ2v) is 7.38. The van der Waals surface area contributed by atoms with E-state index in [2.05, 4.69) is 22.8 Å². The first-order chi connectivity index (χ1) is 14.1. The van der Waals surface area contributed by atoms with Gasteiger partial charge in [0, 0.05) is 16.1 Å². The van der Waals surface area contributed by atoms with Crippen LogP contribution in [0.2, 0.25) is 5.02 Å². The van der Waals surface area contributed by atoms with Crippen molar-refractivity contribution in [1.29, 1.82) is 0 Å². The van der Waals surface area contributed by atoms with E-state index in [1.807, 2.05) is 73.7 Å². The van der Waals surface area contributed by atoms with Crippen LogP contribution in [-0.2, 0) is 4.79 Å². The zero-order valence-corrected chi connectivity index (χ0v) is 17.4. The number of hydrogen-bond donors (Lipinski definition) is 2. The Morgan fingerprint density at radius 1 is 0.931 bits per heavy atom.